The molecule has 2 heterocycles. The highest BCUT2D eigenvalue weighted by atomic mass is 35.5. The zero-order valence-electron chi connectivity index (χ0n) is 9.54. The maximum atomic E-state index is 11.6. The van der Waals surface area contributed by atoms with Crippen molar-refractivity contribution in [3.05, 3.63) is 20.3 Å². The van der Waals surface area contributed by atoms with E-state index in [1.807, 2.05) is 6.07 Å². The summed E-state index contributed by atoms with van der Waals surface area (Å²) in [7, 11) is 0. The molecule has 7 heteroatoms. The van der Waals surface area contributed by atoms with Gasteiger partial charge in [-0.15, -0.1) is 11.3 Å². The summed E-state index contributed by atoms with van der Waals surface area (Å²) in [5.41, 5.74) is 1.02. The minimum absolute atomic E-state index is 0.0144. The second kappa shape index (κ2) is 6.80. The Morgan fingerprint density at radius 3 is 2.94 bits per heavy atom. The van der Waals surface area contributed by atoms with Gasteiger partial charge in [0.05, 0.1) is 15.2 Å². The van der Waals surface area contributed by atoms with E-state index in [-0.39, 0.29) is 5.91 Å². The lowest BCUT2D eigenvalue weighted by atomic mass is 10.1. The lowest BCUT2D eigenvalue weighted by molar-refractivity contribution is -0.119. The van der Waals surface area contributed by atoms with Crippen molar-refractivity contribution >= 4 is 57.4 Å². The van der Waals surface area contributed by atoms with E-state index in [9.17, 15) is 4.79 Å². The summed E-state index contributed by atoms with van der Waals surface area (Å²) >= 11 is 14.8. The molecule has 0 saturated carbocycles. The number of thiophene rings is 1. The molecule has 0 fully saturated rings. The lowest BCUT2D eigenvalue weighted by Gasteiger charge is -2.03. The maximum absolute atomic E-state index is 11.6. The molecule has 1 aliphatic heterocycles. The summed E-state index contributed by atoms with van der Waals surface area (Å²) in [6.45, 7) is 0.795. The van der Waals surface area contributed by atoms with E-state index in [4.69, 9.17) is 23.2 Å². The van der Waals surface area contributed by atoms with E-state index in [0.717, 1.165) is 40.2 Å². The van der Waals surface area contributed by atoms with Gasteiger partial charge in [-0.3, -0.25) is 9.79 Å². The predicted molar refractivity (Wildman–Crippen MR) is 80.2 cm³/mol. The number of nitrogens with zero attached hydrogens (tertiary/aromatic N) is 1. The van der Waals surface area contributed by atoms with E-state index >= 15 is 0 Å². The van der Waals surface area contributed by atoms with Crippen LogP contribution in [-0.4, -0.2) is 23.4 Å². The zero-order valence-corrected chi connectivity index (χ0v) is 12.7. The van der Waals surface area contributed by atoms with Crippen molar-refractivity contribution in [1.29, 1.82) is 0 Å². The van der Waals surface area contributed by atoms with E-state index in [1.165, 1.54) is 11.3 Å². The van der Waals surface area contributed by atoms with Crippen LogP contribution >= 0.6 is 46.3 Å². The Morgan fingerprint density at radius 2 is 2.33 bits per heavy atom. The Labute approximate surface area is 124 Å². The number of thioether (sulfide) groups is 1. The molecule has 0 unspecified atom stereocenters. The molecular weight excluding hydrogens is 311 g/mol. The van der Waals surface area contributed by atoms with Crippen LogP contribution in [0.4, 0.5) is 0 Å². The zero-order chi connectivity index (χ0) is 13.0. The minimum Gasteiger partial charge on any atom is -0.305 e. The first-order valence-corrected chi connectivity index (χ1v) is 8.12. The van der Waals surface area contributed by atoms with Gasteiger partial charge in [0.15, 0.2) is 5.17 Å². The molecule has 1 aromatic rings. The van der Waals surface area contributed by atoms with Crippen LogP contribution in [0.1, 0.15) is 18.4 Å². The molecule has 3 nitrogen and oxygen atoms in total. The van der Waals surface area contributed by atoms with Crippen molar-refractivity contribution in [2.45, 2.75) is 19.3 Å². The number of nitrogens with one attached hydrogen (secondary N) is 1. The number of aliphatic imine (C=N–C) groups is 1. The average molecular weight is 323 g/mol. The van der Waals surface area contributed by atoms with Crippen LogP contribution in [0, 0.1) is 0 Å². The predicted octanol–water partition coefficient (Wildman–Crippen LogP) is 3.60. The fraction of sp³-hybridized carbons (Fsp3) is 0.455. The number of hydrogen-bond acceptors (Lipinski definition) is 4. The van der Waals surface area contributed by atoms with Crippen molar-refractivity contribution in [3.63, 3.8) is 0 Å². The molecule has 0 radical (unpaired) electrons. The van der Waals surface area contributed by atoms with Crippen LogP contribution in [0.2, 0.25) is 8.67 Å². The molecule has 1 aliphatic rings. The second-order valence-electron chi connectivity index (χ2n) is 3.79. The summed E-state index contributed by atoms with van der Waals surface area (Å²) in [5, 5.41) is 3.55. The fourth-order valence-electron chi connectivity index (χ4n) is 1.58. The van der Waals surface area contributed by atoms with E-state index in [0.29, 0.717) is 10.8 Å². The van der Waals surface area contributed by atoms with Gasteiger partial charge in [-0.1, -0.05) is 35.0 Å². The molecule has 1 N–H and O–H groups in total. The van der Waals surface area contributed by atoms with Crippen molar-refractivity contribution < 1.29 is 4.79 Å². The summed E-state index contributed by atoms with van der Waals surface area (Å²) in [6.07, 6.45) is 2.01. The van der Waals surface area contributed by atoms with Gasteiger partial charge in [0, 0.05) is 12.2 Å². The molecule has 98 valence electrons. The van der Waals surface area contributed by atoms with Crippen LogP contribution in [0.15, 0.2) is 11.1 Å². The van der Waals surface area contributed by atoms with Crippen LogP contribution in [0.25, 0.3) is 0 Å². The molecule has 2 rings (SSSR count). The SMILES string of the molecule is O=C(CCCc1cc(Cl)sc1Cl)NC1=NCCS1. The summed E-state index contributed by atoms with van der Waals surface area (Å²) in [4.78, 5) is 15.8. The number of carbonyl (C=O) groups is 1. The fourth-order valence-corrected chi connectivity index (χ4v) is 3.87. The van der Waals surface area contributed by atoms with Crippen LogP contribution in [0.3, 0.4) is 0 Å². The molecule has 0 bridgehead atoms. The van der Waals surface area contributed by atoms with Gasteiger partial charge in [0.25, 0.3) is 0 Å². The Hall–Kier alpha value is -0.230. The number of amides is 1. The number of carbonyl (C=O) groups excluding carboxylic acids is 1. The highest BCUT2D eigenvalue weighted by molar-refractivity contribution is 8.14. The van der Waals surface area contributed by atoms with E-state index in [1.54, 1.807) is 11.8 Å². The van der Waals surface area contributed by atoms with Crippen molar-refractivity contribution in [3.8, 4) is 0 Å². The number of amidine groups is 1. The molecule has 0 saturated heterocycles. The Balaban J connectivity index is 1.71. The average Bonchev–Trinajstić information content (AvgIpc) is 2.89. The van der Waals surface area contributed by atoms with Gasteiger partial charge < -0.3 is 5.32 Å². The third-order valence-corrected chi connectivity index (χ3v) is 4.87. The molecule has 0 aliphatic carbocycles. The normalized spacial score (nSPS) is 14.7. The minimum atomic E-state index is 0.0144. The summed E-state index contributed by atoms with van der Waals surface area (Å²) in [5.74, 6) is 0.971. The molecule has 18 heavy (non-hydrogen) atoms. The molecule has 0 atom stereocenters. The summed E-state index contributed by atoms with van der Waals surface area (Å²) < 4.78 is 1.41. The third-order valence-electron chi connectivity index (χ3n) is 2.41. The summed E-state index contributed by atoms with van der Waals surface area (Å²) in [6, 6.07) is 1.86. The van der Waals surface area contributed by atoms with Crippen LogP contribution in [-0.2, 0) is 11.2 Å². The Morgan fingerprint density at radius 1 is 1.50 bits per heavy atom. The van der Waals surface area contributed by atoms with Crippen LogP contribution in [0.5, 0.6) is 0 Å². The first-order valence-electron chi connectivity index (χ1n) is 5.56. The first kappa shape index (κ1) is 14.2. The Bertz CT molecular complexity index is 474. The maximum Gasteiger partial charge on any atom is 0.225 e. The standard InChI is InChI=1S/C11H12Cl2N2OS2/c12-8-6-7(10(13)18-8)2-1-3-9(16)15-11-14-4-5-17-11/h6H,1-5H2,(H,14,15,16). The van der Waals surface area contributed by atoms with E-state index in [2.05, 4.69) is 10.3 Å². The number of aryl methyl sites for hydroxylation is 1. The highest BCUT2D eigenvalue weighted by Crippen LogP contribution is 2.31. The van der Waals surface area contributed by atoms with Gasteiger partial charge in [0.1, 0.15) is 0 Å². The topological polar surface area (TPSA) is 41.5 Å². The number of halogens is 2. The van der Waals surface area contributed by atoms with Gasteiger partial charge in [-0.2, -0.15) is 0 Å². The van der Waals surface area contributed by atoms with Gasteiger partial charge in [-0.05, 0) is 24.5 Å². The lowest BCUT2D eigenvalue weighted by Crippen LogP contribution is -2.27. The van der Waals surface area contributed by atoms with Crippen molar-refractivity contribution in [2.24, 2.45) is 4.99 Å². The monoisotopic (exact) mass is 322 g/mol. The number of rotatable bonds is 4. The molecule has 0 aromatic carbocycles. The largest absolute Gasteiger partial charge is 0.305 e. The van der Waals surface area contributed by atoms with Crippen molar-refractivity contribution in [1.82, 2.24) is 5.32 Å². The van der Waals surface area contributed by atoms with Crippen molar-refractivity contribution in [2.75, 3.05) is 12.3 Å². The van der Waals surface area contributed by atoms with Gasteiger partial charge >= 0.3 is 0 Å². The first-order chi connectivity index (χ1) is 8.65. The highest BCUT2D eigenvalue weighted by Gasteiger charge is 2.11. The van der Waals surface area contributed by atoms with Gasteiger partial charge in [0.2, 0.25) is 5.91 Å². The smallest absolute Gasteiger partial charge is 0.225 e. The molecule has 1 amide bonds. The van der Waals surface area contributed by atoms with Crippen LogP contribution < -0.4 is 5.32 Å². The number of hydrogen-bond donors (Lipinski definition) is 1. The van der Waals surface area contributed by atoms with E-state index < -0.39 is 0 Å². The Kier molecular flexibility index (Phi) is 5.36. The quantitative estimate of drug-likeness (QED) is 0.920. The second-order valence-corrected chi connectivity index (χ2v) is 7.16. The molecule has 1 aromatic heterocycles. The third kappa shape index (κ3) is 4.16. The van der Waals surface area contributed by atoms with Gasteiger partial charge in [-0.25, -0.2) is 0 Å². The molecular formula is C11H12Cl2N2OS2. The molecule has 0 spiro atoms.